The predicted molar refractivity (Wildman–Crippen MR) is 119 cm³/mol. The van der Waals surface area contributed by atoms with Crippen LogP contribution in [0.25, 0.3) is 11.6 Å². The van der Waals surface area contributed by atoms with E-state index in [1.165, 1.54) is 4.57 Å². The Labute approximate surface area is 175 Å². The molecular formula is C19H12BrIN2O2S. The van der Waals surface area contributed by atoms with Crippen molar-refractivity contribution in [3.8, 4) is 5.88 Å². The van der Waals surface area contributed by atoms with Crippen LogP contribution in [0.5, 0.6) is 5.88 Å². The van der Waals surface area contributed by atoms with Gasteiger partial charge in [0.15, 0.2) is 0 Å². The van der Waals surface area contributed by atoms with Gasteiger partial charge in [-0.25, -0.2) is 0 Å². The molecule has 26 heavy (non-hydrogen) atoms. The standard InChI is InChI=1S/C19H12BrIN2O2S/c20-13-3-6-16-15(8-13)12(9-22-16)7-17-18(24)23(19(25)26-17)10-11-1-4-14(21)5-2-11/h1-9,24H,10H2. The van der Waals surface area contributed by atoms with Crippen molar-refractivity contribution < 1.29 is 5.11 Å². The lowest BCUT2D eigenvalue weighted by Gasteiger charge is -2.04. The molecule has 3 aromatic rings. The zero-order valence-corrected chi connectivity index (χ0v) is 17.9. The van der Waals surface area contributed by atoms with E-state index in [0.29, 0.717) is 11.4 Å². The smallest absolute Gasteiger partial charge is 0.310 e. The Morgan fingerprint density at radius 1 is 1.23 bits per heavy atom. The minimum absolute atomic E-state index is 0.0112. The first kappa shape index (κ1) is 17.7. The van der Waals surface area contributed by atoms with Crippen molar-refractivity contribution in [1.29, 1.82) is 0 Å². The number of nitrogens with zero attached hydrogens (tertiary/aromatic N) is 2. The van der Waals surface area contributed by atoms with E-state index in [1.54, 1.807) is 6.21 Å². The van der Waals surface area contributed by atoms with E-state index in [2.05, 4.69) is 43.5 Å². The summed E-state index contributed by atoms with van der Waals surface area (Å²) in [5.74, 6) is -0.0112. The molecule has 0 saturated heterocycles. The molecule has 0 saturated carbocycles. The Bertz CT molecular complexity index is 1110. The van der Waals surface area contributed by atoms with Crippen LogP contribution in [0.4, 0.5) is 5.69 Å². The molecule has 1 aliphatic heterocycles. The summed E-state index contributed by atoms with van der Waals surface area (Å²) in [7, 11) is 0. The number of benzene rings is 2. The molecule has 4 nitrogen and oxygen atoms in total. The van der Waals surface area contributed by atoms with Crippen LogP contribution in [-0.2, 0) is 6.54 Å². The summed E-state index contributed by atoms with van der Waals surface area (Å²) >= 11 is 6.74. The number of allylic oxidation sites excluding steroid dienone is 1. The maximum Gasteiger partial charge on any atom is 0.310 e. The zero-order valence-electron chi connectivity index (χ0n) is 13.3. The van der Waals surface area contributed by atoms with E-state index in [0.717, 1.165) is 41.8 Å². The highest BCUT2D eigenvalue weighted by Crippen LogP contribution is 2.36. The van der Waals surface area contributed by atoms with Gasteiger partial charge in [-0.15, -0.1) is 0 Å². The van der Waals surface area contributed by atoms with Crippen LogP contribution in [0.15, 0.2) is 56.7 Å². The predicted octanol–water partition coefficient (Wildman–Crippen LogP) is 5.29. The average molecular weight is 539 g/mol. The molecular weight excluding hydrogens is 527 g/mol. The van der Waals surface area contributed by atoms with Crippen molar-refractivity contribution in [2.45, 2.75) is 6.54 Å². The molecule has 1 aliphatic rings. The first-order valence-electron chi connectivity index (χ1n) is 7.74. The summed E-state index contributed by atoms with van der Waals surface area (Å²) in [6, 6.07) is 13.7. The van der Waals surface area contributed by atoms with Crippen molar-refractivity contribution in [1.82, 2.24) is 4.57 Å². The largest absolute Gasteiger partial charge is 0.493 e. The van der Waals surface area contributed by atoms with Crippen LogP contribution in [0, 0.1) is 3.57 Å². The normalized spacial score (nSPS) is 14.2. The van der Waals surface area contributed by atoms with Gasteiger partial charge in [0.2, 0.25) is 5.88 Å². The minimum atomic E-state index is -0.183. The van der Waals surface area contributed by atoms with Gasteiger partial charge < -0.3 is 5.11 Å². The van der Waals surface area contributed by atoms with Gasteiger partial charge in [-0.1, -0.05) is 39.4 Å². The quantitative estimate of drug-likeness (QED) is 0.461. The fourth-order valence-electron chi connectivity index (χ4n) is 2.74. The molecule has 2 heterocycles. The molecule has 0 radical (unpaired) electrons. The van der Waals surface area contributed by atoms with Gasteiger partial charge in [0.25, 0.3) is 0 Å². The summed E-state index contributed by atoms with van der Waals surface area (Å²) in [5, 5.41) is 10.6. The van der Waals surface area contributed by atoms with Crippen LogP contribution in [-0.4, -0.2) is 15.9 Å². The highest BCUT2D eigenvalue weighted by Gasteiger charge is 2.17. The second kappa shape index (κ2) is 7.13. The fraction of sp³-hybridized carbons (Fsp3) is 0.0526. The summed E-state index contributed by atoms with van der Waals surface area (Å²) in [5.41, 5.74) is 3.70. The van der Waals surface area contributed by atoms with Gasteiger partial charge >= 0.3 is 4.87 Å². The molecule has 0 unspecified atom stereocenters. The molecule has 0 bridgehead atoms. The van der Waals surface area contributed by atoms with Crippen LogP contribution in [0.1, 0.15) is 16.0 Å². The Hall–Kier alpha value is -1.71. The summed E-state index contributed by atoms with van der Waals surface area (Å²) in [4.78, 5) is 17.1. The minimum Gasteiger partial charge on any atom is -0.493 e. The van der Waals surface area contributed by atoms with Gasteiger partial charge in [0.05, 0.1) is 17.1 Å². The van der Waals surface area contributed by atoms with E-state index in [-0.39, 0.29) is 10.8 Å². The number of aromatic hydroxyl groups is 1. The average Bonchev–Trinajstić information content (AvgIpc) is 3.13. The molecule has 1 aromatic heterocycles. The summed E-state index contributed by atoms with van der Waals surface area (Å²) < 4.78 is 3.48. The van der Waals surface area contributed by atoms with Gasteiger partial charge in [0, 0.05) is 25.4 Å². The third kappa shape index (κ3) is 3.43. The van der Waals surface area contributed by atoms with E-state index < -0.39 is 0 Å². The SMILES string of the molecule is O=c1sc(C=C2C=Nc3ccc(Br)cc32)c(O)n1Cc1ccc(I)cc1. The second-order valence-corrected chi connectivity index (χ2v) is 8.94. The first-order valence-corrected chi connectivity index (χ1v) is 10.4. The van der Waals surface area contributed by atoms with E-state index in [1.807, 2.05) is 48.5 Å². The van der Waals surface area contributed by atoms with E-state index in [9.17, 15) is 9.90 Å². The lowest BCUT2D eigenvalue weighted by molar-refractivity contribution is 0.420. The van der Waals surface area contributed by atoms with Crippen LogP contribution < -0.4 is 4.87 Å². The fourth-order valence-corrected chi connectivity index (χ4v) is 4.29. The maximum atomic E-state index is 12.4. The number of thiazole rings is 1. The Kier molecular flexibility index (Phi) is 4.85. The molecule has 4 rings (SSSR count). The number of aromatic nitrogens is 1. The molecule has 0 spiro atoms. The lowest BCUT2D eigenvalue weighted by atomic mass is 10.1. The topological polar surface area (TPSA) is 54.6 Å². The number of aliphatic imine (C=N–C) groups is 1. The third-order valence-electron chi connectivity index (χ3n) is 4.05. The van der Waals surface area contributed by atoms with E-state index in [4.69, 9.17) is 0 Å². The zero-order chi connectivity index (χ0) is 18.3. The molecule has 1 N–H and O–H groups in total. The van der Waals surface area contributed by atoms with Gasteiger partial charge in [0.1, 0.15) is 0 Å². The number of hydrogen-bond donors (Lipinski definition) is 1. The Morgan fingerprint density at radius 2 is 2.00 bits per heavy atom. The van der Waals surface area contributed by atoms with Crippen molar-refractivity contribution >= 4 is 73.4 Å². The van der Waals surface area contributed by atoms with Gasteiger partial charge in [-0.2, -0.15) is 0 Å². The summed E-state index contributed by atoms with van der Waals surface area (Å²) in [6.07, 6.45) is 3.57. The van der Waals surface area contributed by atoms with Crippen molar-refractivity contribution in [2.24, 2.45) is 4.99 Å². The van der Waals surface area contributed by atoms with Crippen LogP contribution >= 0.6 is 49.9 Å². The highest BCUT2D eigenvalue weighted by atomic mass is 127. The first-order chi connectivity index (χ1) is 12.5. The summed E-state index contributed by atoms with van der Waals surface area (Å²) in [6.45, 7) is 0.345. The molecule has 0 atom stereocenters. The number of fused-ring (bicyclic) bond motifs is 1. The maximum absolute atomic E-state index is 12.4. The van der Waals surface area contributed by atoms with E-state index >= 15 is 0 Å². The van der Waals surface area contributed by atoms with Crippen molar-refractivity contribution in [3.63, 3.8) is 0 Å². The number of hydrogen-bond acceptors (Lipinski definition) is 4. The lowest BCUT2D eigenvalue weighted by Crippen LogP contribution is -2.13. The number of halogens is 2. The molecule has 0 aliphatic carbocycles. The molecule has 2 aromatic carbocycles. The number of rotatable bonds is 3. The third-order valence-corrected chi connectivity index (χ3v) is 6.17. The molecule has 0 amide bonds. The molecule has 130 valence electrons. The molecule has 0 fully saturated rings. The van der Waals surface area contributed by atoms with Crippen LogP contribution in [0.3, 0.4) is 0 Å². The van der Waals surface area contributed by atoms with Crippen molar-refractivity contribution in [2.75, 3.05) is 0 Å². The Balaban J connectivity index is 1.70. The van der Waals surface area contributed by atoms with Gasteiger partial charge in [-0.3, -0.25) is 14.4 Å². The highest BCUT2D eigenvalue weighted by molar-refractivity contribution is 14.1. The van der Waals surface area contributed by atoms with Crippen LogP contribution in [0.2, 0.25) is 0 Å². The molecule has 7 heteroatoms. The second-order valence-electron chi connectivity index (χ2n) is 5.79. The van der Waals surface area contributed by atoms with Crippen molar-refractivity contribution in [3.05, 3.63) is 76.2 Å². The Morgan fingerprint density at radius 3 is 2.77 bits per heavy atom. The van der Waals surface area contributed by atoms with Gasteiger partial charge in [-0.05, 0) is 64.6 Å². The monoisotopic (exact) mass is 538 g/mol.